The predicted molar refractivity (Wildman–Crippen MR) is 84.0 cm³/mol. The Hall–Kier alpha value is -2.95. The van der Waals surface area contributed by atoms with E-state index in [4.69, 9.17) is 11.0 Å². The number of amides is 3. The number of nitrogens with zero attached hydrogens (tertiary/aromatic N) is 1. The highest BCUT2D eigenvalue weighted by Crippen LogP contribution is 2.11. The van der Waals surface area contributed by atoms with Crippen molar-refractivity contribution < 1.29 is 18.8 Å². The number of nitrogens with two attached hydrogens (primary N) is 1. The number of nitrogens with one attached hydrogen (secondary N) is 2. The van der Waals surface area contributed by atoms with E-state index in [9.17, 15) is 18.8 Å². The van der Waals surface area contributed by atoms with E-state index >= 15 is 0 Å². The minimum atomic E-state index is -0.846. The van der Waals surface area contributed by atoms with Crippen molar-refractivity contribution in [3.63, 3.8) is 0 Å². The summed E-state index contributed by atoms with van der Waals surface area (Å²) in [5, 5.41) is 13.9. The Morgan fingerprint density at radius 3 is 2.54 bits per heavy atom. The molecule has 0 spiro atoms. The second-order valence-corrected chi connectivity index (χ2v) is 5.51. The molecule has 8 heteroatoms. The zero-order valence-corrected chi connectivity index (χ0v) is 13.4. The largest absolute Gasteiger partial charge is 0.370 e. The molecule has 1 aromatic carbocycles. The maximum Gasteiger partial charge on any atom is 0.251 e. The Morgan fingerprint density at radius 1 is 1.33 bits per heavy atom. The summed E-state index contributed by atoms with van der Waals surface area (Å²) in [6.07, 6.45) is -0.00596. The van der Waals surface area contributed by atoms with Gasteiger partial charge in [0.25, 0.3) is 5.91 Å². The Morgan fingerprint density at radius 2 is 2.00 bits per heavy atom. The van der Waals surface area contributed by atoms with Crippen LogP contribution in [0.2, 0.25) is 0 Å². The van der Waals surface area contributed by atoms with E-state index in [0.717, 1.165) is 12.1 Å². The van der Waals surface area contributed by atoms with E-state index in [1.165, 1.54) is 6.07 Å². The van der Waals surface area contributed by atoms with Crippen molar-refractivity contribution in [2.24, 2.45) is 11.7 Å². The summed E-state index contributed by atoms with van der Waals surface area (Å²) in [6, 6.07) is 4.17. The third-order valence-corrected chi connectivity index (χ3v) is 3.26. The number of nitriles is 1. The van der Waals surface area contributed by atoms with Crippen LogP contribution >= 0.6 is 0 Å². The monoisotopic (exact) mass is 334 g/mol. The fourth-order valence-electron chi connectivity index (χ4n) is 1.93. The number of carbonyl (C=O) groups is 3. The summed E-state index contributed by atoms with van der Waals surface area (Å²) >= 11 is 0. The smallest absolute Gasteiger partial charge is 0.251 e. The highest BCUT2D eigenvalue weighted by Gasteiger charge is 2.24. The Balaban J connectivity index is 2.81. The number of rotatable bonds is 7. The molecule has 128 valence electrons. The predicted octanol–water partition coefficient (Wildman–Crippen LogP) is 0.443. The molecule has 0 aliphatic carbocycles. The van der Waals surface area contributed by atoms with Crippen molar-refractivity contribution in [1.29, 1.82) is 5.26 Å². The van der Waals surface area contributed by atoms with Crippen molar-refractivity contribution in [2.45, 2.75) is 26.3 Å². The van der Waals surface area contributed by atoms with Crippen LogP contribution in [0.4, 0.5) is 4.39 Å². The third-order valence-electron chi connectivity index (χ3n) is 3.26. The molecule has 0 saturated carbocycles. The SMILES string of the molecule is CC(C)[C@H](NC(=O)c1ccc(F)c(C#N)c1)C(=O)NCCC(N)=O. The van der Waals surface area contributed by atoms with E-state index in [0.29, 0.717) is 0 Å². The number of benzene rings is 1. The molecule has 4 N–H and O–H groups in total. The molecule has 1 atom stereocenters. The lowest BCUT2D eigenvalue weighted by Gasteiger charge is -2.21. The van der Waals surface area contributed by atoms with Crippen molar-refractivity contribution >= 4 is 17.7 Å². The molecule has 0 unspecified atom stereocenters. The molecule has 0 aliphatic heterocycles. The maximum absolute atomic E-state index is 13.3. The van der Waals surface area contributed by atoms with Gasteiger partial charge < -0.3 is 16.4 Å². The van der Waals surface area contributed by atoms with Gasteiger partial charge >= 0.3 is 0 Å². The van der Waals surface area contributed by atoms with Gasteiger partial charge in [0.05, 0.1) is 5.56 Å². The molecule has 7 nitrogen and oxygen atoms in total. The number of carbonyl (C=O) groups excluding carboxylic acids is 3. The zero-order valence-electron chi connectivity index (χ0n) is 13.4. The van der Waals surface area contributed by atoms with Crippen LogP contribution in [0.3, 0.4) is 0 Å². The molecule has 0 radical (unpaired) electrons. The molecule has 1 rings (SSSR count). The summed E-state index contributed by atoms with van der Waals surface area (Å²) < 4.78 is 13.3. The van der Waals surface area contributed by atoms with E-state index in [2.05, 4.69) is 10.6 Å². The maximum atomic E-state index is 13.3. The van der Waals surface area contributed by atoms with Gasteiger partial charge in [-0.25, -0.2) is 4.39 Å². The summed E-state index contributed by atoms with van der Waals surface area (Å²) in [5.74, 6) is -2.55. The van der Waals surface area contributed by atoms with E-state index in [1.807, 2.05) is 0 Å². The van der Waals surface area contributed by atoms with Gasteiger partial charge in [-0.3, -0.25) is 14.4 Å². The van der Waals surface area contributed by atoms with Crippen LogP contribution in [0.5, 0.6) is 0 Å². The highest BCUT2D eigenvalue weighted by molar-refractivity contribution is 5.98. The average Bonchev–Trinajstić information content (AvgIpc) is 2.51. The van der Waals surface area contributed by atoms with Gasteiger partial charge in [0.1, 0.15) is 17.9 Å². The topological polar surface area (TPSA) is 125 Å². The average molecular weight is 334 g/mol. The van der Waals surface area contributed by atoms with Crippen LogP contribution < -0.4 is 16.4 Å². The van der Waals surface area contributed by atoms with Crippen molar-refractivity contribution in [1.82, 2.24) is 10.6 Å². The number of hydrogen-bond donors (Lipinski definition) is 3. The van der Waals surface area contributed by atoms with Gasteiger partial charge in [-0.2, -0.15) is 5.26 Å². The van der Waals surface area contributed by atoms with Gasteiger partial charge in [0, 0.05) is 18.5 Å². The molecule has 0 bridgehead atoms. The molecule has 3 amide bonds. The number of hydrogen-bond acceptors (Lipinski definition) is 4. The van der Waals surface area contributed by atoms with Gasteiger partial charge in [-0.1, -0.05) is 13.8 Å². The molecular weight excluding hydrogens is 315 g/mol. The Labute approximate surface area is 139 Å². The molecular formula is C16H19FN4O3. The third kappa shape index (κ3) is 5.35. The van der Waals surface area contributed by atoms with Crippen molar-refractivity contribution in [2.75, 3.05) is 6.54 Å². The van der Waals surface area contributed by atoms with Gasteiger partial charge in [-0.15, -0.1) is 0 Å². The number of halogens is 1. The number of primary amides is 1. The fourth-order valence-corrected chi connectivity index (χ4v) is 1.93. The second kappa shape index (κ2) is 8.62. The lowest BCUT2D eigenvalue weighted by molar-refractivity contribution is -0.124. The first-order valence-corrected chi connectivity index (χ1v) is 7.32. The molecule has 1 aromatic rings. The van der Waals surface area contributed by atoms with Gasteiger partial charge in [0.2, 0.25) is 11.8 Å². The van der Waals surface area contributed by atoms with E-state index in [-0.39, 0.29) is 30.0 Å². The first-order valence-electron chi connectivity index (χ1n) is 7.32. The summed E-state index contributed by atoms with van der Waals surface area (Å²) in [4.78, 5) is 35.0. The summed E-state index contributed by atoms with van der Waals surface area (Å²) in [5.41, 5.74) is 4.81. The minimum absolute atomic E-state index is 0.00596. The van der Waals surface area contributed by atoms with Crippen LogP contribution in [0.15, 0.2) is 18.2 Å². The highest BCUT2D eigenvalue weighted by atomic mass is 19.1. The first kappa shape index (κ1) is 19.1. The molecule has 0 saturated heterocycles. The quantitative estimate of drug-likeness (QED) is 0.669. The normalized spacial score (nSPS) is 11.5. The summed E-state index contributed by atoms with van der Waals surface area (Å²) in [6.45, 7) is 3.55. The molecule has 24 heavy (non-hydrogen) atoms. The Bertz CT molecular complexity index is 682. The molecule has 0 heterocycles. The fraction of sp³-hybridized carbons (Fsp3) is 0.375. The van der Waals surface area contributed by atoms with Crippen LogP contribution in [0.1, 0.15) is 36.2 Å². The van der Waals surface area contributed by atoms with Crippen LogP contribution in [0.25, 0.3) is 0 Å². The van der Waals surface area contributed by atoms with Crippen LogP contribution in [-0.2, 0) is 9.59 Å². The first-order chi connectivity index (χ1) is 11.3. The zero-order chi connectivity index (χ0) is 18.3. The van der Waals surface area contributed by atoms with Crippen LogP contribution in [-0.4, -0.2) is 30.3 Å². The minimum Gasteiger partial charge on any atom is -0.370 e. The lowest BCUT2D eigenvalue weighted by atomic mass is 10.0. The summed E-state index contributed by atoms with van der Waals surface area (Å²) in [7, 11) is 0. The standard InChI is InChI=1S/C16H19FN4O3/c1-9(2)14(16(24)20-6-5-13(19)22)21-15(23)10-3-4-12(17)11(7-10)8-18/h3-4,7,9,14H,5-6H2,1-2H3,(H2,19,22)(H,20,24)(H,21,23)/t14-/m0/s1. The second-order valence-electron chi connectivity index (χ2n) is 5.51. The van der Waals surface area contributed by atoms with Crippen molar-refractivity contribution in [3.8, 4) is 6.07 Å². The lowest BCUT2D eigenvalue weighted by Crippen LogP contribution is -2.50. The van der Waals surface area contributed by atoms with Crippen molar-refractivity contribution in [3.05, 3.63) is 35.1 Å². The molecule has 0 aliphatic rings. The van der Waals surface area contributed by atoms with Gasteiger partial charge in [0.15, 0.2) is 0 Å². The molecule has 0 fully saturated rings. The molecule has 0 aromatic heterocycles. The van der Waals surface area contributed by atoms with Crippen LogP contribution in [0, 0.1) is 23.1 Å². The Kier molecular flexibility index (Phi) is 6.86. The van der Waals surface area contributed by atoms with E-state index in [1.54, 1.807) is 19.9 Å². The van der Waals surface area contributed by atoms with E-state index < -0.39 is 29.6 Å². The van der Waals surface area contributed by atoms with Gasteiger partial charge in [-0.05, 0) is 24.1 Å².